The molecule has 0 unspecified atom stereocenters. The molecule has 0 radical (unpaired) electrons. The second-order valence-electron chi connectivity index (χ2n) is 4.17. The zero-order chi connectivity index (χ0) is 14.4. The van der Waals surface area contributed by atoms with Gasteiger partial charge in [-0.3, -0.25) is 9.78 Å². The van der Waals surface area contributed by atoms with Gasteiger partial charge in [0.25, 0.3) is 5.91 Å². The first-order chi connectivity index (χ1) is 9.76. The molecule has 1 aromatic heterocycles. The van der Waals surface area contributed by atoms with Gasteiger partial charge in [0.1, 0.15) is 11.4 Å². The SMILES string of the molecule is COc1ccccc1-c1ccnc(C(=O)NCCN)c1.Cl. The van der Waals surface area contributed by atoms with Gasteiger partial charge < -0.3 is 15.8 Å². The number of halogens is 1. The summed E-state index contributed by atoms with van der Waals surface area (Å²) >= 11 is 0. The predicted octanol–water partition coefficient (Wildman–Crippen LogP) is 1.87. The van der Waals surface area contributed by atoms with Gasteiger partial charge in [-0.1, -0.05) is 18.2 Å². The quantitative estimate of drug-likeness (QED) is 0.884. The Morgan fingerprint density at radius 1 is 1.33 bits per heavy atom. The van der Waals surface area contributed by atoms with Crippen LogP contribution in [0.15, 0.2) is 42.6 Å². The summed E-state index contributed by atoms with van der Waals surface area (Å²) in [5.41, 5.74) is 7.53. The molecule has 1 amide bonds. The lowest BCUT2D eigenvalue weighted by atomic mass is 10.0. The molecule has 0 bridgehead atoms. The van der Waals surface area contributed by atoms with Crippen molar-refractivity contribution in [3.05, 3.63) is 48.3 Å². The van der Waals surface area contributed by atoms with Crippen LogP contribution in [0.1, 0.15) is 10.5 Å². The van der Waals surface area contributed by atoms with Crippen molar-refractivity contribution < 1.29 is 9.53 Å². The molecule has 112 valence electrons. The van der Waals surface area contributed by atoms with Crippen molar-refractivity contribution in [3.63, 3.8) is 0 Å². The average Bonchev–Trinajstić information content (AvgIpc) is 2.52. The molecule has 1 heterocycles. The lowest BCUT2D eigenvalue weighted by molar-refractivity contribution is 0.0950. The molecule has 0 aliphatic rings. The Labute approximate surface area is 129 Å². The number of ether oxygens (including phenoxy) is 1. The summed E-state index contributed by atoms with van der Waals surface area (Å²) in [4.78, 5) is 16.0. The molecule has 1 aromatic carbocycles. The van der Waals surface area contributed by atoms with E-state index in [9.17, 15) is 4.79 Å². The summed E-state index contributed by atoms with van der Waals surface area (Å²) in [6, 6.07) is 11.2. The molecule has 0 spiro atoms. The Morgan fingerprint density at radius 2 is 2.10 bits per heavy atom. The van der Waals surface area contributed by atoms with Crippen molar-refractivity contribution in [2.45, 2.75) is 0 Å². The van der Waals surface area contributed by atoms with Crippen molar-refractivity contribution in [1.29, 1.82) is 0 Å². The maximum absolute atomic E-state index is 11.9. The molecular formula is C15H18ClN3O2. The van der Waals surface area contributed by atoms with Crippen molar-refractivity contribution in [1.82, 2.24) is 10.3 Å². The molecule has 0 atom stereocenters. The van der Waals surface area contributed by atoms with Crippen LogP contribution < -0.4 is 15.8 Å². The van der Waals surface area contributed by atoms with Crippen LogP contribution in [0.4, 0.5) is 0 Å². The van der Waals surface area contributed by atoms with E-state index in [1.807, 2.05) is 30.3 Å². The van der Waals surface area contributed by atoms with Gasteiger partial charge in [-0.2, -0.15) is 0 Å². The molecule has 0 saturated carbocycles. The molecule has 21 heavy (non-hydrogen) atoms. The number of hydrogen-bond acceptors (Lipinski definition) is 4. The van der Waals surface area contributed by atoms with E-state index >= 15 is 0 Å². The van der Waals surface area contributed by atoms with Crippen LogP contribution in [0.25, 0.3) is 11.1 Å². The van der Waals surface area contributed by atoms with Crippen molar-refractivity contribution in [3.8, 4) is 16.9 Å². The minimum Gasteiger partial charge on any atom is -0.496 e. The lowest BCUT2D eigenvalue weighted by Crippen LogP contribution is -2.29. The highest BCUT2D eigenvalue weighted by molar-refractivity contribution is 5.93. The molecule has 0 fully saturated rings. The third-order valence-corrected chi connectivity index (χ3v) is 2.84. The number of methoxy groups -OCH3 is 1. The van der Waals surface area contributed by atoms with Gasteiger partial charge in [-0.25, -0.2) is 0 Å². The average molecular weight is 308 g/mol. The fraction of sp³-hybridized carbons (Fsp3) is 0.200. The first-order valence-corrected chi connectivity index (χ1v) is 6.34. The Balaban J connectivity index is 0.00000220. The molecule has 6 heteroatoms. The van der Waals surface area contributed by atoms with Crippen molar-refractivity contribution >= 4 is 18.3 Å². The standard InChI is InChI=1S/C15H17N3O2.ClH/c1-20-14-5-3-2-4-12(14)11-6-8-17-13(10-11)15(19)18-9-7-16;/h2-6,8,10H,7,9,16H2,1H3,(H,18,19);1H. The maximum atomic E-state index is 11.9. The van der Waals surface area contributed by atoms with Gasteiger partial charge in [0.05, 0.1) is 7.11 Å². The number of para-hydroxylation sites is 1. The number of nitrogens with two attached hydrogens (primary N) is 1. The van der Waals surface area contributed by atoms with Crippen LogP contribution in [0.3, 0.4) is 0 Å². The minimum atomic E-state index is -0.229. The monoisotopic (exact) mass is 307 g/mol. The van der Waals surface area contributed by atoms with Crippen LogP contribution in [0.2, 0.25) is 0 Å². The smallest absolute Gasteiger partial charge is 0.269 e. The van der Waals surface area contributed by atoms with E-state index in [0.717, 1.165) is 16.9 Å². The highest BCUT2D eigenvalue weighted by Crippen LogP contribution is 2.29. The Kier molecular flexibility index (Phi) is 6.65. The number of nitrogens with one attached hydrogen (secondary N) is 1. The summed E-state index contributed by atoms with van der Waals surface area (Å²) in [6.07, 6.45) is 1.61. The first-order valence-electron chi connectivity index (χ1n) is 6.34. The number of rotatable bonds is 5. The van der Waals surface area contributed by atoms with Crippen LogP contribution in [-0.4, -0.2) is 31.1 Å². The van der Waals surface area contributed by atoms with Gasteiger partial charge in [0.15, 0.2) is 0 Å². The Hall–Kier alpha value is -2.11. The van der Waals surface area contributed by atoms with E-state index < -0.39 is 0 Å². The number of amides is 1. The number of pyridine rings is 1. The lowest BCUT2D eigenvalue weighted by Gasteiger charge is -2.09. The summed E-state index contributed by atoms with van der Waals surface area (Å²) in [5, 5.41) is 2.70. The molecule has 0 aliphatic heterocycles. The second-order valence-corrected chi connectivity index (χ2v) is 4.17. The van der Waals surface area contributed by atoms with Gasteiger partial charge in [0, 0.05) is 24.8 Å². The normalized spacial score (nSPS) is 9.62. The van der Waals surface area contributed by atoms with Gasteiger partial charge in [-0.15, -0.1) is 12.4 Å². The van der Waals surface area contributed by atoms with Crippen molar-refractivity contribution in [2.24, 2.45) is 5.73 Å². The topological polar surface area (TPSA) is 77.2 Å². The van der Waals surface area contributed by atoms with E-state index in [2.05, 4.69) is 10.3 Å². The van der Waals surface area contributed by atoms with Crippen LogP contribution in [-0.2, 0) is 0 Å². The second kappa shape index (κ2) is 8.24. The van der Waals surface area contributed by atoms with Gasteiger partial charge in [0.2, 0.25) is 0 Å². The summed E-state index contributed by atoms with van der Waals surface area (Å²) < 4.78 is 5.33. The van der Waals surface area contributed by atoms with Crippen LogP contribution >= 0.6 is 12.4 Å². The van der Waals surface area contributed by atoms with Crippen LogP contribution in [0.5, 0.6) is 5.75 Å². The zero-order valence-electron chi connectivity index (χ0n) is 11.7. The highest BCUT2D eigenvalue weighted by Gasteiger charge is 2.10. The Morgan fingerprint density at radius 3 is 2.81 bits per heavy atom. The molecular weight excluding hydrogens is 290 g/mol. The molecule has 3 N–H and O–H groups in total. The molecule has 0 aliphatic carbocycles. The Bertz CT molecular complexity index is 605. The zero-order valence-corrected chi connectivity index (χ0v) is 12.5. The number of aromatic nitrogens is 1. The summed E-state index contributed by atoms with van der Waals surface area (Å²) in [6.45, 7) is 0.831. The summed E-state index contributed by atoms with van der Waals surface area (Å²) in [5.74, 6) is 0.527. The number of hydrogen-bond donors (Lipinski definition) is 2. The van der Waals surface area contributed by atoms with E-state index in [-0.39, 0.29) is 18.3 Å². The number of carbonyl (C=O) groups excluding carboxylic acids is 1. The molecule has 5 nitrogen and oxygen atoms in total. The molecule has 0 saturated heterocycles. The number of nitrogens with zero attached hydrogens (tertiary/aromatic N) is 1. The number of benzene rings is 1. The number of carbonyl (C=O) groups is 1. The fourth-order valence-corrected chi connectivity index (χ4v) is 1.88. The van der Waals surface area contributed by atoms with Gasteiger partial charge >= 0.3 is 0 Å². The van der Waals surface area contributed by atoms with E-state index in [1.54, 1.807) is 19.4 Å². The van der Waals surface area contributed by atoms with E-state index in [4.69, 9.17) is 10.5 Å². The highest BCUT2D eigenvalue weighted by atomic mass is 35.5. The maximum Gasteiger partial charge on any atom is 0.269 e. The fourth-order valence-electron chi connectivity index (χ4n) is 1.88. The molecule has 2 aromatic rings. The minimum absolute atomic E-state index is 0. The van der Waals surface area contributed by atoms with E-state index in [1.165, 1.54) is 0 Å². The summed E-state index contributed by atoms with van der Waals surface area (Å²) in [7, 11) is 1.62. The predicted molar refractivity (Wildman–Crippen MR) is 84.9 cm³/mol. The van der Waals surface area contributed by atoms with Gasteiger partial charge in [-0.05, 0) is 23.8 Å². The first kappa shape index (κ1) is 16.9. The largest absolute Gasteiger partial charge is 0.496 e. The molecule has 2 rings (SSSR count). The third-order valence-electron chi connectivity index (χ3n) is 2.84. The van der Waals surface area contributed by atoms with Crippen LogP contribution in [0, 0.1) is 0 Å². The van der Waals surface area contributed by atoms with E-state index in [0.29, 0.717) is 18.8 Å². The van der Waals surface area contributed by atoms with Crippen molar-refractivity contribution in [2.75, 3.05) is 20.2 Å². The third kappa shape index (κ3) is 4.18.